The second-order valence-corrected chi connectivity index (χ2v) is 9.58. The molecule has 0 bridgehead atoms. The lowest BCUT2D eigenvalue weighted by molar-refractivity contribution is 0.415. The second-order valence-electron chi connectivity index (χ2n) is 6.43. The van der Waals surface area contributed by atoms with Gasteiger partial charge in [-0.1, -0.05) is 49.6 Å². The zero-order valence-electron chi connectivity index (χ0n) is 13.8. The monoisotopic (exact) mass is 328 g/mol. The lowest BCUT2D eigenvalue weighted by Gasteiger charge is -2.31. The molecule has 1 aliphatic rings. The quantitative estimate of drug-likeness (QED) is 0.704. The fourth-order valence-electron chi connectivity index (χ4n) is 3.62. The van der Waals surface area contributed by atoms with Crippen LogP contribution >= 0.6 is 7.14 Å². The molecule has 0 N–H and O–H groups in total. The van der Waals surface area contributed by atoms with Crippen molar-refractivity contribution >= 4 is 12.4 Å². The van der Waals surface area contributed by atoms with E-state index in [0.717, 1.165) is 23.9 Å². The standard InChI is InChI=1S/C20H25O2P/c1-22-18-12-14-20(15-13-18)23(21,19-10-6-3-7-11-19)16-17-8-4-2-5-9-17/h2,4-5,8-9,12-15,19H,3,6-7,10-11,16H2,1H3. The maximum absolute atomic E-state index is 14.1. The molecule has 0 radical (unpaired) electrons. The van der Waals surface area contributed by atoms with Crippen LogP contribution < -0.4 is 10.0 Å². The van der Waals surface area contributed by atoms with Crippen LogP contribution in [0.1, 0.15) is 37.7 Å². The molecule has 1 atom stereocenters. The van der Waals surface area contributed by atoms with Crippen LogP contribution in [-0.2, 0) is 10.7 Å². The predicted octanol–water partition coefficient (Wildman–Crippen LogP) is 5.22. The Bertz CT molecular complexity index is 658. The highest BCUT2D eigenvalue weighted by atomic mass is 31.2. The molecule has 0 saturated heterocycles. The zero-order valence-corrected chi connectivity index (χ0v) is 14.7. The van der Waals surface area contributed by atoms with Crippen LogP contribution in [0.2, 0.25) is 0 Å². The van der Waals surface area contributed by atoms with E-state index in [0.29, 0.717) is 11.8 Å². The summed E-state index contributed by atoms with van der Waals surface area (Å²) in [6.07, 6.45) is 6.56. The molecule has 1 unspecified atom stereocenters. The summed E-state index contributed by atoms with van der Waals surface area (Å²) in [5.41, 5.74) is 1.50. The van der Waals surface area contributed by atoms with Crippen molar-refractivity contribution in [1.82, 2.24) is 0 Å². The first kappa shape index (κ1) is 16.3. The molecular weight excluding hydrogens is 303 g/mol. The predicted molar refractivity (Wildman–Crippen MR) is 97.3 cm³/mol. The lowest BCUT2D eigenvalue weighted by Crippen LogP contribution is -2.21. The first-order valence-electron chi connectivity index (χ1n) is 8.50. The molecule has 1 aliphatic carbocycles. The van der Waals surface area contributed by atoms with Crippen LogP contribution in [0.15, 0.2) is 54.6 Å². The van der Waals surface area contributed by atoms with Gasteiger partial charge in [-0.05, 0) is 42.7 Å². The van der Waals surface area contributed by atoms with E-state index >= 15 is 0 Å². The molecule has 1 fully saturated rings. The highest BCUT2D eigenvalue weighted by Gasteiger charge is 2.35. The van der Waals surface area contributed by atoms with Gasteiger partial charge < -0.3 is 9.30 Å². The first-order valence-corrected chi connectivity index (χ1v) is 10.5. The fraction of sp³-hybridized carbons (Fsp3) is 0.400. The maximum atomic E-state index is 14.1. The van der Waals surface area contributed by atoms with Gasteiger partial charge >= 0.3 is 0 Å². The van der Waals surface area contributed by atoms with Gasteiger partial charge in [0.05, 0.1) is 7.11 Å². The van der Waals surface area contributed by atoms with Crippen molar-refractivity contribution in [2.24, 2.45) is 0 Å². The summed E-state index contributed by atoms with van der Waals surface area (Å²) < 4.78 is 19.4. The van der Waals surface area contributed by atoms with Crippen LogP contribution in [-0.4, -0.2) is 12.8 Å². The van der Waals surface area contributed by atoms with E-state index < -0.39 is 7.14 Å². The molecule has 0 amide bonds. The van der Waals surface area contributed by atoms with Crippen molar-refractivity contribution in [2.45, 2.75) is 43.9 Å². The van der Waals surface area contributed by atoms with Gasteiger partial charge in [0.2, 0.25) is 0 Å². The van der Waals surface area contributed by atoms with Gasteiger partial charge in [0.15, 0.2) is 0 Å². The Balaban J connectivity index is 1.96. The summed E-state index contributed by atoms with van der Waals surface area (Å²) in [5.74, 6) is 0.823. The number of benzene rings is 2. The average molecular weight is 328 g/mol. The average Bonchev–Trinajstić information content (AvgIpc) is 2.63. The highest BCUT2D eigenvalue weighted by molar-refractivity contribution is 7.71. The zero-order chi connectivity index (χ0) is 16.1. The Labute approximate surface area is 139 Å². The number of hydrogen-bond acceptors (Lipinski definition) is 2. The third-order valence-corrected chi connectivity index (χ3v) is 8.64. The van der Waals surface area contributed by atoms with Gasteiger partial charge in [0.1, 0.15) is 12.9 Å². The molecule has 2 aromatic rings. The van der Waals surface area contributed by atoms with E-state index in [9.17, 15) is 4.57 Å². The van der Waals surface area contributed by atoms with E-state index in [1.807, 2.05) is 42.5 Å². The normalized spacial score (nSPS) is 18.3. The molecule has 2 aromatic carbocycles. The molecule has 1 saturated carbocycles. The van der Waals surface area contributed by atoms with Gasteiger partial charge in [-0.15, -0.1) is 0 Å². The molecule has 2 nitrogen and oxygen atoms in total. The summed E-state index contributed by atoms with van der Waals surface area (Å²) in [4.78, 5) is 0. The molecule has 0 spiro atoms. The van der Waals surface area contributed by atoms with E-state index in [2.05, 4.69) is 12.1 Å². The minimum absolute atomic E-state index is 0.324. The van der Waals surface area contributed by atoms with Crippen molar-refractivity contribution in [2.75, 3.05) is 7.11 Å². The third-order valence-electron chi connectivity index (χ3n) is 4.93. The van der Waals surface area contributed by atoms with Crippen LogP contribution in [0.4, 0.5) is 0 Å². The van der Waals surface area contributed by atoms with Crippen molar-refractivity contribution in [3.63, 3.8) is 0 Å². The summed E-state index contributed by atoms with van der Waals surface area (Å²) in [7, 11) is -0.789. The smallest absolute Gasteiger partial charge is 0.122 e. The van der Waals surface area contributed by atoms with Gasteiger partial charge in [0, 0.05) is 17.1 Å². The minimum Gasteiger partial charge on any atom is -0.497 e. The fourth-order valence-corrected chi connectivity index (χ4v) is 7.09. The van der Waals surface area contributed by atoms with Crippen LogP contribution in [0.3, 0.4) is 0 Å². The molecule has 122 valence electrons. The molecule has 0 aliphatic heterocycles. The van der Waals surface area contributed by atoms with Crippen molar-refractivity contribution in [1.29, 1.82) is 0 Å². The Hall–Kier alpha value is -1.53. The molecule has 0 heterocycles. The van der Waals surface area contributed by atoms with Crippen LogP contribution in [0.5, 0.6) is 5.75 Å². The Morgan fingerprint density at radius 1 is 0.957 bits per heavy atom. The van der Waals surface area contributed by atoms with Gasteiger partial charge in [-0.25, -0.2) is 0 Å². The Kier molecular flexibility index (Phi) is 5.23. The van der Waals surface area contributed by atoms with Crippen LogP contribution in [0.25, 0.3) is 0 Å². The molecule has 23 heavy (non-hydrogen) atoms. The summed E-state index contributed by atoms with van der Waals surface area (Å²) in [6, 6.07) is 18.2. The number of methoxy groups -OCH3 is 1. The van der Waals surface area contributed by atoms with Crippen molar-refractivity contribution in [3.8, 4) is 5.75 Å². The lowest BCUT2D eigenvalue weighted by atomic mass is 10.0. The molecule has 3 heteroatoms. The van der Waals surface area contributed by atoms with E-state index in [4.69, 9.17) is 4.74 Å². The Morgan fingerprint density at radius 3 is 2.22 bits per heavy atom. The van der Waals surface area contributed by atoms with Crippen molar-refractivity contribution < 1.29 is 9.30 Å². The van der Waals surface area contributed by atoms with E-state index in [1.165, 1.54) is 24.8 Å². The van der Waals surface area contributed by atoms with E-state index in [1.54, 1.807) is 7.11 Å². The third kappa shape index (κ3) is 3.70. The summed E-state index contributed by atoms with van der Waals surface area (Å²) in [5, 5.41) is 1.01. The number of hydrogen-bond donors (Lipinski definition) is 0. The minimum atomic E-state index is -2.45. The van der Waals surface area contributed by atoms with Gasteiger partial charge in [0.25, 0.3) is 0 Å². The number of rotatable bonds is 5. The number of ether oxygens (including phenoxy) is 1. The maximum Gasteiger partial charge on any atom is 0.122 e. The largest absolute Gasteiger partial charge is 0.497 e. The molecular formula is C20H25O2P. The van der Waals surface area contributed by atoms with E-state index in [-0.39, 0.29) is 0 Å². The van der Waals surface area contributed by atoms with Crippen LogP contribution in [0, 0.1) is 0 Å². The highest BCUT2D eigenvalue weighted by Crippen LogP contribution is 2.57. The molecule has 3 rings (SSSR count). The van der Waals surface area contributed by atoms with Gasteiger partial charge in [-0.3, -0.25) is 0 Å². The van der Waals surface area contributed by atoms with Crippen molar-refractivity contribution in [3.05, 3.63) is 60.2 Å². The van der Waals surface area contributed by atoms with Gasteiger partial charge in [-0.2, -0.15) is 0 Å². The topological polar surface area (TPSA) is 26.3 Å². The summed E-state index contributed by atoms with van der Waals surface area (Å²) in [6.45, 7) is 0. The summed E-state index contributed by atoms with van der Waals surface area (Å²) >= 11 is 0. The SMILES string of the molecule is COc1ccc(P(=O)(Cc2ccccc2)C2CCCCC2)cc1. The molecule has 0 aromatic heterocycles. The Morgan fingerprint density at radius 2 is 1.61 bits per heavy atom. The first-order chi connectivity index (χ1) is 11.2. The second kappa shape index (κ2) is 7.36.